The number of hydrogen-bond donors (Lipinski definition) is 0. The molecule has 1 saturated heterocycles. The first-order valence-electron chi connectivity index (χ1n) is 7.19. The van der Waals surface area contributed by atoms with E-state index in [4.69, 9.17) is 27.9 Å². The summed E-state index contributed by atoms with van der Waals surface area (Å²) < 4.78 is 41.5. The smallest absolute Gasteiger partial charge is 0.416 e. The first kappa shape index (κ1) is 17.9. The van der Waals surface area contributed by atoms with Crippen LogP contribution in [-0.2, 0) is 11.0 Å². The van der Waals surface area contributed by atoms with Crippen molar-refractivity contribution in [3.63, 3.8) is 0 Å². The van der Waals surface area contributed by atoms with Crippen molar-refractivity contribution >= 4 is 34.8 Å². The van der Waals surface area contributed by atoms with Crippen molar-refractivity contribution in [2.75, 3.05) is 12.0 Å². The number of halogens is 5. The summed E-state index contributed by atoms with van der Waals surface area (Å²) >= 11 is 12.2. The molecule has 1 unspecified atom stereocenters. The molecule has 0 spiro atoms. The van der Waals surface area contributed by atoms with Crippen LogP contribution in [0, 0.1) is 0 Å². The zero-order valence-corrected chi connectivity index (χ0v) is 14.4. The number of methoxy groups -OCH3 is 1. The lowest BCUT2D eigenvalue weighted by Gasteiger charge is -2.49. The molecule has 1 aliphatic heterocycles. The molecule has 25 heavy (non-hydrogen) atoms. The van der Waals surface area contributed by atoms with Crippen LogP contribution in [0.15, 0.2) is 48.5 Å². The van der Waals surface area contributed by atoms with Gasteiger partial charge in [-0.1, -0.05) is 35.3 Å². The molecule has 0 radical (unpaired) electrons. The van der Waals surface area contributed by atoms with E-state index in [2.05, 4.69) is 0 Å². The first-order chi connectivity index (χ1) is 11.7. The number of benzene rings is 2. The minimum absolute atomic E-state index is 0.411. The van der Waals surface area contributed by atoms with Crippen molar-refractivity contribution in [3.8, 4) is 5.75 Å². The van der Waals surface area contributed by atoms with Gasteiger partial charge < -0.3 is 4.74 Å². The average molecular weight is 390 g/mol. The number of nitrogens with zero attached hydrogens (tertiary/aromatic N) is 1. The zero-order valence-electron chi connectivity index (χ0n) is 12.8. The molecule has 132 valence electrons. The van der Waals surface area contributed by atoms with E-state index in [0.717, 1.165) is 12.1 Å². The van der Waals surface area contributed by atoms with Crippen LogP contribution in [0.2, 0.25) is 0 Å². The molecule has 1 atom stereocenters. The van der Waals surface area contributed by atoms with Gasteiger partial charge >= 0.3 is 6.18 Å². The Morgan fingerprint density at radius 2 is 1.60 bits per heavy atom. The zero-order chi connectivity index (χ0) is 18.4. The largest absolute Gasteiger partial charge is 0.497 e. The summed E-state index contributed by atoms with van der Waals surface area (Å²) in [5, 5.41) is 0. The van der Waals surface area contributed by atoms with Crippen molar-refractivity contribution in [3.05, 3.63) is 59.7 Å². The molecular formula is C17H12Cl2F3NO2. The lowest BCUT2D eigenvalue weighted by molar-refractivity contribution is -0.137. The molecule has 1 aliphatic rings. The van der Waals surface area contributed by atoms with E-state index in [-0.39, 0.29) is 0 Å². The fourth-order valence-electron chi connectivity index (χ4n) is 2.71. The van der Waals surface area contributed by atoms with Gasteiger partial charge in [0, 0.05) is 5.69 Å². The van der Waals surface area contributed by atoms with Crippen LogP contribution in [0.5, 0.6) is 5.75 Å². The summed E-state index contributed by atoms with van der Waals surface area (Å²) in [6, 6.07) is 10.3. The maximum absolute atomic E-state index is 12.7. The van der Waals surface area contributed by atoms with Crippen molar-refractivity contribution in [2.45, 2.75) is 16.6 Å². The average Bonchev–Trinajstić information content (AvgIpc) is 2.58. The van der Waals surface area contributed by atoms with Crippen molar-refractivity contribution in [1.29, 1.82) is 0 Å². The topological polar surface area (TPSA) is 29.5 Å². The number of ether oxygens (including phenoxy) is 1. The van der Waals surface area contributed by atoms with E-state index < -0.39 is 28.0 Å². The molecule has 0 bridgehead atoms. The second kappa shape index (κ2) is 6.11. The predicted molar refractivity (Wildman–Crippen MR) is 89.1 cm³/mol. The molecule has 8 heteroatoms. The summed E-state index contributed by atoms with van der Waals surface area (Å²) in [6.07, 6.45) is -4.44. The summed E-state index contributed by atoms with van der Waals surface area (Å²) in [5.41, 5.74) is 0.147. The van der Waals surface area contributed by atoms with Gasteiger partial charge in [-0.05, 0) is 42.0 Å². The van der Waals surface area contributed by atoms with E-state index in [9.17, 15) is 18.0 Å². The number of carbonyl (C=O) groups is 1. The van der Waals surface area contributed by atoms with Gasteiger partial charge in [0.15, 0.2) is 0 Å². The Bertz CT molecular complexity index is 789. The van der Waals surface area contributed by atoms with Gasteiger partial charge in [0.05, 0.1) is 12.7 Å². The second-order valence-electron chi connectivity index (χ2n) is 5.52. The summed E-state index contributed by atoms with van der Waals surface area (Å²) in [4.78, 5) is 13.6. The van der Waals surface area contributed by atoms with E-state index >= 15 is 0 Å². The quantitative estimate of drug-likeness (QED) is 0.547. The Morgan fingerprint density at radius 1 is 1.04 bits per heavy atom. The molecule has 3 rings (SSSR count). The SMILES string of the molecule is COc1ccc(N2C(=O)C(Cl)(Cl)C2c2ccc(C(F)(F)F)cc2)cc1. The number of anilines is 1. The monoisotopic (exact) mass is 389 g/mol. The maximum Gasteiger partial charge on any atom is 0.416 e. The second-order valence-corrected chi connectivity index (χ2v) is 6.90. The lowest BCUT2D eigenvalue weighted by atomic mass is 9.91. The van der Waals surface area contributed by atoms with Crippen LogP contribution >= 0.6 is 23.2 Å². The van der Waals surface area contributed by atoms with Crippen LogP contribution in [-0.4, -0.2) is 17.4 Å². The van der Waals surface area contributed by atoms with Gasteiger partial charge in [-0.3, -0.25) is 9.69 Å². The number of rotatable bonds is 3. The van der Waals surface area contributed by atoms with E-state index in [1.165, 1.54) is 24.1 Å². The first-order valence-corrected chi connectivity index (χ1v) is 7.94. The van der Waals surface area contributed by atoms with Gasteiger partial charge in [0.1, 0.15) is 11.8 Å². The van der Waals surface area contributed by atoms with Crippen LogP contribution in [0.25, 0.3) is 0 Å². The predicted octanol–water partition coefficient (Wildman–Crippen LogP) is 4.98. The molecule has 1 amide bonds. The molecule has 1 heterocycles. The van der Waals surface area contributed by atoms with Gasteiger partial charge in [-0.2, -0.15) is 13.2 Å². The van der Waals surface area contributed by atoms with Crippen molar-refractivity contribution < 1.29 is 22.7 Å². The number of carbonyl (C=O) groups excluding carboxylic acids is 1. The maximum atomic E-state index is 12.7. The number of β-lactam (4-membered cyclic amide) rings is 1. The van der Waals surface area contributed by atoms with Crippen molar-refractivity contribution in [2.24, 2.45) is 0 Å². The Balaban J connectivity index is 1.95. The Labute approximate surface area is 151 Å². The highest BCUT2D eigenvalue weighted by Gasteiger charge is 2.60. The molecule has 0 N–H and O–H groups in total. The summed E-state index contributed by atoms with van der Waals surface area (Å²) in [7, 11) is 1.51. The molecule has 0 saturated carbocycles. The third kappa shape index (κ3) is 3.04. The molecule has 3 nitrogen and oxygen atoms in total. The van der Waals surface area contributed by atoms with Crippen LogP contribution in [0.1, 0.15) is 17.2 Å². The molecule has 2 aromatic carbocycles. The fraction of sp³-hybridized carbons (Fsp3) is 0.235. The fourth-order valence-corrected chi connectivity index (χ4v) is 3.34. The highest BCUT2D eigenvalue weighted by Crippen LogP contribution is 2.53. The van der Waals surface area contributed by atoms with Crippen LogP contribution < -0.4 is 9.64 Å². The molecular weight excluding hydrogens is 378 g/mol. The highest BCUT2D eigenvalue weighted by atomic mass is 35.5. The normalized spacial score (nSPS) is 19.5. The van der Waals surface area contributed by atoms with E-state index in [0.29, 0.717) is 17.0 Å². The van der Waals surface area contributed by atoms with Crippen molar-refractivity contribution in [1.82, 2.24) is 0 Å². The Hall–Kier alpha value is -1.92. The van der Waals surface area contributed by atoms with E-state index in [1.807, 2.05) is 0 Å². The lowest BCUT2D eigenvalue weighted by Crippen LogP contribution is -2.62. The number of amides is 1. The third-order valence-electron chi connectivity index (χ3n) is 4.01. The molecule has 2 aromatic rings. The summed E-state index contributed by atoms with van der Waals surface area (Å²) in [6.45, 7) is 0. The Morgan fingerprint density at radius 3 is 2.08 bits per heavy atom. The Kier molecular flexibility index (Phi) is 4.37. The number of hydrogen-bond acceptors (Lipinski definition) is 2. The number of alkyl halides is 5. The molecule has 0 aromatic heterocycles. The minimum atomic E-state index is -4.44. The molecule has 0 aliphatic carbocycles. The van der Waals surface area contributed by atoms with Crippen LogP contribution in [0.4, 0.5) is 18.9 Å². The van der Waals surface area contributed by atoms with Gasteiger partial charge in [0.2, 0.25) is 4.33 Å². The summed E-state index contributed by atoms with van der Waals surface area (Å²) in [5.74, 6) is 0.0664. The van der Waals surface area contributed by atoms with Gasteiger partial charge in [-0.25, -0.2) is 0 Å². The van der Waals surface area contributed by atoms with Gasteiger partial charge in [-0.15, -0.1) is 0 Å². The molecule has 1 fully saturated rings. The minimum Gasteiger partial charge on any atom is -0.497 e. The van der Waals surface area contributed by atoms with Gasteiger partial charge in [0.25, 0.3) is 5.91 Å². The third-order valence-corrected chi connectivity index (χ3v) is 4.75. The van der Waals surface area contributed by atoms with Crippen LogP contribution in [0.3, 0.4) is 0 Å². The highest BCUT2D eigenvalue weighted by molar-refractivity contribution is 6.62. The standard InChI is InChI=1S/C17H12Cl2F3NO2/c1-25-13-8-6-12(7-9-13)23-14(16(18,19)15(23)24)10-2-4-11(5-3-10)17(20,21)22/h2-9,14H,1H3. The van der Waals surface area contributed by atoms with E-state index in [1.54, 1.807) is 24.3 Å².